The summed E-state index contributed by atoms with van der Waals surface area (Å²) in [6, 6.07) is 4.32. The molecule has 0 radical (unpaired) electrons. The SMILES string of the molecule is Cc1ccc(C(O)CNC2CCCC2)o1. The number of nitrogens with one attached hydrogen (secondary N) is 1. The van der Waals surface area contributed by atoms with E-state index < -0.39 is 6.10 Å². The number of hydrogen-bond acceptors (Lipinski definition) is 3. The summed E-state index contributed by atoms with van der Waals surface area (Å²) in [5, 5.41) is 13.2. The molecule has 0 aliphatic heterocycles. The van der Waals surface area contributed by atoms with E-state index in [4.69, 9.17) is 4.42 Å². The van der Waals surface area contributed by atoms with Gasteiger partial charge in [-0.25, -0.2) is 0 Å². The summed E-state index contributed by atoms with van der Waals surface area (Å²) in [6.45, 7) is 2.48. The second-order valence-corrected chi connectivity index (χ2v) is 4.35. The molecule has 1 aliphatic carbocycles. The molecule has 1 aliphatic rings. The van der Waals surface area contributed by atoms with E-state index in [2.05, 4.69) is 5.32 Å². The fourth-order valence-electron chi connectivity index (χ4n) is 2.14. The Kier molecular flexibility index (Phi) is 3.44. The molecule has 0 aromatic carbocycles. The summed E-state index contributed by atoms with van der Waals surface area (Å²) in [5.74, 6) is 1.52. The molecule has 0 spiro atoms. The van der Waals surface area contributed by atoms with Gasteiger partial charge >= 0.3 is 0 Å². The molecule has 1 unspecified atom stereocenters. The van der Waals surface area contributed by atoms with Crippen molar-refractivity contribution in [3.63, 3.8) is 0 Å². The van der Waals surface area contributed by atoms with Gasteiger partial charge in [0.25, 0.3) is 0 Å². The van der Waals surface area contributed by atoms with Crippen LogP contribution < -0.4 is 5.32 Å². The number of aliphatic hydroxyl groups excluding tert-OH is 1. The smallest absolute Gasteiger partial charge is 0.133 e. The first-order valence-corrected chi connectivity index (χ1v) is 5.73. The van der Waals surface area contributed by atoms with E-state index in [0.717, 1.165) is 5.76 Å². The molecule has 1 heterocycles. The Morgan fingerprint density at radius 3 is 2.80 bits per heavy atom. The van der Waals surface area contributed by atoms with E-state index >= 15 is 0 Å². The van der Waals surface area contributed by atoms with E-state index in [9.17, 15) is 5.11 Å². The molecule has 3 heteroatoms. The highest BCUT2D eigenvalue weighted by atomic mass is 16.4. The zero-order valence-corrected chi connectivity index (χ0v) is 9.20. The monoisotopic (exact) mass is 209 g/mol. The average molecular weight is 209 g/mol. The summed E-state index contributed by atoms with van der Waals surface area (Å²) in [6.07, 6.45) is 4.59. The van der Waals surface area contributed by atoms with Gasteiger partial charge in [0.2, 0.25) is 0 Å². The van der Waals surface area contributed by atoms with Gasteiger partial charge in [0.1, 0.15) is 17.6 Å². The Labute approximate surface area is 90.5 Å². The third-order valence-electron chi connectivity index (χ3n) is 3.04. The van der Waals surface area contributed by atoms with E-state index in [-0.39, 0.29) is 0 Å². The van der Waals surface area contributed by atoms with Crippen molar-refractivity contribution in [3.8, 4) is 0 Å². The highest BCUT2D eigenvalue weighted by Gasteiger charge is 2.17. The van der Waals surface area contributed by atoms with Gasteiger partial charge in [-0.2, -0.15) is 0 Å². The Morgan fingerprint density at radius 2 is 2.20 bits per heavy atom. The highest BCUT2D eigenvalue weighted by Crippen LogP contribution is 2.19. The minimum Gasteiger partial charge on any atom is -0.464 e. The lowest BCUT2D eigenvalue weighted by molar-refractivity contribution is 0.142. The summed E-state index contributed by atoms with van der Waals surface area (Å²) in [4.78, 5) is 0. The number of aryl methyl sites for hydroxylation is 1. The van der Waals surface area contributed by atoms with Gasteiger partial charge in [-0.05, 0) is 31.9 Å². The van der Waals surface area contributed by atoms with Crippen LogP contribution in [0.15, 0.2) is 16.5 Å². The van der Waals surface area contributed by atoms with E-state index in [1.165, 1.54) is 25.7 Å². The summed E-state index contributed by atoms with van der Waals surface area (Å²) < 4.78 is 5.37. The van der Waals surface area contributed by atoms with Crippen LogP contribution in [0.5, 0.6) is 0 Å². The molecular weight excluding hydrogens is 190 g/mol. The van der Waals surface area contributed by atoms with Crippen LogP contribution in [0.4, 0.5) is 0 Å². The van der Waals surface area contributed by atoms with Crippen molar-refractivity contribution >= 4 is 0 Å². The largest absolute Gasteiger partial charge is 0.464 e. The molecule has 3 nitrogen and oxygen atoms in total. The van der Waals surface area contributed by atoms with Gasteiger partial charge in [-0.3, -0.25) is 0 Å². The van der Waals surface area contributed by atoms with Crippen LogP contribution >= 0.6 is 0 Å². The Balaban J connectivity index is 1.79. The summed E-state index contributed by atoms with van der Waals surface area (Å²) in [7, 11) is 0. The first-order valence-electron chi connectivity index (χ1n) is 5.73. The molecule has 15 heavy (non-hydrogen) atoms. The zero-order chi connectivity index (χ0) is 10.7. The summed E-state index contributed by atoms with van der Waals surface area (Å²) >= 11 is 0. The number of aliphatic hydroxyl groups is 1. The van der Waals surface area contributed by atoms with Crippen LogP contribution in [0.25, 0.3) is 0 Å². The molecule has 1 aromatic heterocycles. The standard InChI is InChI=1S/C12H19NO2/c1-9-6-7-12(15-9)11(14)8-13-10-4-2-3-5-10/h6-7,10-11,13-14H,2-5,8H2,1H3. The van der Waals surface area contributed by atoms with Crippen LogP contribution in [0.3, 0.4) is 0 Å². The molecule has 1 saturated carbocycles. The van der Waals surface area contributed by atoms with Gasteiger partial charge in [0.05, 0.1) is 0 Å². The van der Waals surface area contributed by atoms with E-state index in [0.29, 0.717) is 18.3 Å². The van der Waals surface area contributed by atoms with E-state index in [1.54, 1.807) is 0 Å². The molecular formula is C12H19NO2. The summed E-state index contributed by atoms with van der Waals surface area (Å²) in [5.41, 5.74) is 0. The lowest BCUT2D eigenvalue weighted by atomic mass is 10.2. The minimum atomic E-state index is -0.515. The van der Waals surface area contributed by atoms with Crippen LogP contribution in [-0.2, 0) is 0 Å². The first-order chi connectivity index (χ1) is 7.25. The maximum atomic E-state index is 9.84. The quantitative estimate of drug-likeness (QED) is 0.798. The molecule has 84 valence electrons. The number of furan rings is 1. The Morgan fingerprint density at radius 1 is 1.47 bits per heavy atom. The predicted octanol–water partition coefficient (Wildman–Crippen LogP) is 2.15. The molecule has 0 amide bonds. The topological polar surface area (TPSA) is 45.4 Å². The van der Waals surface area contributed by atoms with Gasteiger partial charge < -0.3 is 14.8 Å². The molecule has 2 N–H and O–H groups in total. The van der Waals surface area contributed by atoms with Crippen molar-refractivity contribution in [2.24, 2.45) is 0 Å². The van der Waals surface area contributed by atoms with Crippen LogP contribution in [0, 0.1) is 6.92 Å². The van der Waals surface area contributed by atoms with Crippen LogP contribution in [0.1, 0.15) is 43.3 Å². The maximum absolute atomic E-state index is 9.84. The van der Waals surface area contributed by atoms with Crippen molar-refractivity contribution in [1.29, 1.82) is 0 Å². The second kappa shape index (κ2) is 4.81. The lowest BCUT2D eigenvalue weighted by Gasteiger charge is -2.14. The number of rotatable bonds is 4. The zero-order valence-electron chi connectivity index (χ0n) is 9.20. The Bertz CT molecular complexity index is 302. The minimum absolute atomic E-state index is 0.515. The third kappa shape index (κ3) is 2.83. The molecule has 0 saturated heterocycles. The van der Waals surface area contributed by atoms with Crippen molar-refractivity contribution in [2.45, 2.75) is 44.8 Å². The molecule has 1 atom stereocenters. The van der Waals surface area contributed by atoms with Crippen molar-refractivity contribution in [3.05, 3.63) is 23.7 Å². The third-order valence-corrected chi connectivity index (χ3v) is 3.04. The van der Waals surface area contributed by atoms with Crippen molar-refractivity contribution in [2.75, 3.05) is 6.54 Å². The maximum Gasteiger partial charge on any atom is 0.133 e. The molecule has 2 rings (SSSR count). The molecule has 1 fully saturated rings. The predicted molar refractivity (Wildman–Crippen MR) is 58.7 cm³/mol. The van der Waals surface area contributed by atoms with Gasteiger partial charge in [0, 0.05) is 12.6 Å². The van der Waals surface area contributed by atoms with Crippen molar-refractivity contribution < 1.29 is 9.52 Å². The highest BCUT2D eigenvalue weighted by molar-refractivity contribution is 5.08. The normalized spacial score (nSPS) is 19.6. The lowest BCUT2D eigenvalue weighted by Crippen LogP contribution is -2.30. The average Bonchev–Trinajstić information content (AvgIpc) is 2.84. The number of hydrogen-bond donors (Lipinski definition) is 2. The molecule has 0 bridgehead atoms. The fraction of sp³-hybridized carbons (Fsp3) is 0.667. The van der Waals surface area contributed by atoms with Crippen molar-refractivity contribution in [1.82, 2.24) is 5.32 Å². The first kappa shape index (κ1) is 10.7. The van der Waals surface area contributed by atoms with Gasteiger partial charge in [-0.1, -0.05) is 12.8 Å². The van der Waals surface area contributed by atoms with Gasteiger partial charge in [0.15, 0.2) is 0 Å². The van der Waals surface area contributed by atoms with E-state index in [1.807, 2.05) is 19.1 Å². The molecule has 1 aromatic rings. The van der Waals surface area contributed by atoms with Crippen LogP contribution in [-0.4, -0.2) is 17.7 Å². The van der Waals surface area contributed by atoms with Gasteiger partial charge in [-0.15, -0.1) is 0 Å². The fourth-order valence-corrected chi connectivity index (χ4v) is 2.14. The second-order valence-electron chi connectivity index (χ2n) is 4.35. The Hall–Kier alpha value is -0.800. The van der Waals surface area contributed by atoms with Crippen LogP contribution in [0.2, 0.25) is 0 Å².